The van der Waals surface area contributed by atoms with Crippen LogP contribution in [-0.2, 0) is 10.2 Å². The van der Waals surface area contributed by atoms with Gasteiger partial charge in [0, 0.05) is 23.1 Å². The molecule has 0 bridgehead atoms. The molecule has 7 heteroatoms. The number of rotatable bonds is 4. The van der Waals surface area contributed by atoms with Gasteiger partial charge in [0.2, 0.25) is 5.91 Å². The van der Waals surface area contributed by atoms with E-state index in [0.29, 0.717) is 10.6 Å². The van der Waals surface area contributed by atoms with E-state index in [9.17, 15) is 14.4 Å². The first kappa shape index (κ1) is 23.7. The summed E-state index contributed by atoms with van der Waals surface area (Å²) in [6, 6.07) is 21.0. The molecule has 1 saturated heterocycles. The highest BCUT2D eigenvalue weighted by Gasteiger charge is 2.70. The molecule has 2 aromatic carbocycles. The third-order valence-electron chi connectivity index (χ3n) is 8.36. The van der Waals surface area contributed by atoms with Crippen molar-refractivity contribution in [1.82, 2.24) is 4.98 Å². The minimum atomic E-state index is -1.33. The first-order valence-corrected chi connectivity index (χ1v) is 13.8. The highest BCUT2D eigenvalue weighted by atomic mass is 32.1. The number of anilines is 2. The monoisotopic (exact) mass is 531 g/mol. The number of aryl methyl sites for hydroxylation is 1. The van der Waals surface area contributed by atoms with Crippen LogP contribution in [0.3, 0.4) is 0 Å². The number of pyridine rings is 1. The molecule has 3 aliphatic heterocycles. The molecule has 4 atom stereocenters. The summed E-state index contributed by atoms with van der Waals surface area (Å²) in [4.78, 5) is 50.4. The van der Waals surface area contributed by atoms with Crippen molar-refractivity contribution in [2.75, 3.05) is 10.2 Å². The zero-order valence-corrected chi connectivity index (χ0v) is 22.2. The van der Waals surface area contributed by atoms with Crippen molar-refractivity contribution in [2.45, 2.75) is 31.3 Å². The third-order valence-corrected chi connectivity index (χ3v) is 9.25. The van der Waals surface area contributed by atoms with Gasteiger partial charge < -0.3 is 10.2 Å². The zero-order chi connectivity index (χ0) is 26.9. The number of nitrogens with one attached hydrogen (secondary N) is 1. The molecule has 1 spiro atoms. The van der Waals surface area contributed by atoms with E-state index >= 15 is 0 Å². The van der Waals surface area contributed by atoms with Gasteiger partial charge in [-0.15, -0.1) is 11.3 Å². The third kappa shape index (κ3) is 3.20. The molecule has 1 N–H and O–H groups in total. The van der Waals surface area contributed by atoms with Gasteiger partial charge in [0.15, 0.2) is 11.6 Å². The van der Waals surface area contributed by atoms with E-state index in [1.54, 1.807) is 30.5 Å². The second-order valence-corrected chi connectivity index (χ2v) is 11.4. The number of para-hydroxylation sites is 1. The fourth-order valence-corrected chi connectivity index (χ4v) is 7.48. The average molecular weight is 532 g/mol. The Kier molecular flexibility index (Phi) is 5.22. The van der Waals surface area contributed by atoms with E-state index in [4.69, 9.17) is 0 Å². The number of nitrogens with zero attached hydrogens (tertiary/aromatic N) is 2. The van der Waals surface area contributed by atoms with E-state index in [1.807, 2.05) is 66.6 Å². The Bertz CT molecular complexity index is 1690. The van der Waals surface area contributed by atoms with Crippen molar-refractivity contribution in [3.63, 3.8) is 0 Å². The predicted octanol–water partition coefficient (Wildman–Crippen LogP) is 5.70. The molecular weight excluding hydrogens is 506 g/mol. The summed E-state index contributed by atoms with van der Waals surface area (Å²) in [5.74, 6) is -1.76. The molecule has 6 nitrogen and oxygen atoms in total. The molecule has 1 amide bonds. The van der Waals surface area contributed by atoms with Crippen LogP contribution in [0.5, 0.6) is 0 Å². The number of ketones is 2. The fourth-order valence-electron chi connectivity index (χ4n) is 6.78. The number of hydrogen-bond donors (Lipinski definition) is 1. The van der Waals surface area contributed by atoms with E-state index in [-0.39, 0.29) is 23.2 Å². The van der Waals surface area contributed by atoms with Crippen molar-refractivity contribution in [2.24, 2.45) is 5.92 Å². The van der Waals surface area contributed by atoms with Crippen molar-refractivity contribution in [3.05, 3.63) is 118 Å². The first-order chi connectivity index (χ1) is 18.9. The van der Waals surface area contributed by atoms with Crippen LogP contribution in [0, 0.1) is 12.8 Å². The van der Waals surface area contributed by atoms with Gasteiger partial charge in [-0.25, -0.2) is 0 Å². The number of carbonyl (C=O) groups is 3. The van der Waals surface area contributed by atoms with Gasteiger partial charge in [-0.1, -0.05) is 48.0 Å². The molecule has 7 rings (SSSR count). The molecule has 3 aliphatic rings. The number of amides is 1. The maximum atomic E-state index is 14.6. The van der Waals surface area contributed by atoms with E-state index < -0.39 is 23.4 Å². The van der Waals surface area contributed by atoms with Crippen molar-refractivity contribution >= 4 is 45.8 Å². The van der Waals surface area contributed by atoms with Crippen LogP contribution in [0.1, 0.15) is 43.8 Å². The summed E-state index contributed by atoms with van der Waals surface area (Å²) in [5.41, 5.74) is 4.29. The normalized spacial score (nSPS) is 24.6. The smallest absolute Gasteiger partial charge is 0.238 e. The van der Waals surface area contributed by atoms with Gasteiger partial charge >= 0.3 is 0 Å². The summed E-state index contributed by atoms with van der Waals surface area (Å²) >= 11 is 1.35. The second-order valence-electron chi connectivity index (χ2n) is 10.4. The van der Waals surface area contributed by atoms with Crippen LogP contribution in [-0.4, -0.2) is 34.5 Å². The molecule has 0 radical (unpaired) electrons. The van der Waals surface area contributed by atoms with Gasteiger partial charge in [-0.05, 0) is 66.8 Å². The minimum Gasteiger partial charge on any atom is -0.352 e. The van der Waals surface area contributed by atoms with Crippen molar-refractivity contribution in [3.8, 4) is 0 Å². The Hall–Kier alpha value is -4.36. The maximum absolute atomic E-state index is 14.6. The SMILES string of the molecule is CC1=C[C@@H]2N(c3ccc(C)cc31)[C@H](C(=O)c1cccs1)[C@@H](C(=O)c1ccccn1)[C@]21C(=O)Nc2ccccc21. The predicted molar refractivity (Wildman–Crippen MR) is 152 cm³/mol. The van der Waals surface area contributed by atoms with Gasteiger partial charge in [-0.3, -0.25) is 19.4 Å². The Balaban J connectivity index is 1.57. The topological polar surface area (TPSA) is 79.4 Å². The van der Waals surface area contributed by atoms with Gasteiger partial charge in [-0.2, -0.15) is 0 Å². The largest absolute Gasteiger partial charge is 0.352 e. The Morgan fingerprint density at radius 1 is 0.974 bits per heavy atom. The van der Waals surface area contributed by atoms with Crippen LogP contribution < -0.4 is 10.2 Å². The van der Waals surface area contributed by atoms with Crippen molar-refractivity contribution < 1.29 is 14.4 Å². The van der Waals surface area contributed by atoms with E-state index in [0.717, 1.165) is 28.0 Å². The molecule has 0 saturated carbocycles. The molecular formula is C32H25N3O3S. The summed E-state index contributed by atoms with van der Waals surface area (Å²) < 4.78 is 0. The maximum Gasteiger partial charge on any atom is 0.238 e. The van der Waals surface area contributed by atoms with Crippen LogP contribution in [0.2, 0.25) is 0 Å². The number of carbonyl (C=O) groups excluding carboxylic acids is 3. The van der Waals surface area contributed by atoms with Crippen LogP contribution in [0.15, 0.2) is 90.4 Å². The Labute approximate surface area is 230 Å². The average Bonchev–Trinajstić information content (AvgIpc) is 3.66. The summed E-state index contributed by atoms with van der Waals surface area (Å²) in [7, 11) is 0. The standard InChI is InChI=1S/C32H25N3O3S/c1-18-12-13-24-20(16-18)19(2)17-26-32(21-8-3-4-9-22(21)34-31(32)38)27(29(36)23-10-5-6-14-33-23)28(35(24)26)30(37)25-11-7-15-39-25/h3-17,26-28H,1-2H3,(H,34,38)/t26-,27-,28-,32+/m0/s1. The fraction of sp³-hybridized carbons (Fsp3) is 0.188. The van der Waals surface area contributed by atoms with Gasteiger partial charge in [0.05, 0.1) is 16.8 Å². The number of aromatic nitrogens is 1. The quantitative estimate of drug-likeness (QED) is 0.342. The summed E-state index contributed by atoms with van der Waals surface area (Å²) in [6.07, 6.45) is 3.65. The van der Waals surface area contributed by atoms with Gasteiger partial charge in [0.25, 0.3) is 0 Å². The summed E-state index contributed by atoms with van der Waals surface area (Å²) in [5, 5.41) is 4.93. The highest BCUT2D eigenvalue weighted by Crippen LogP contribution is 2.58. The van der Waals surface area contributed by atoms with Crippen molar-refractivity contribution in [1.29, 1.82) is 0 Å². The Morgan fingerprint density at radius 3 is 2.56 bits per heavy atom. The Morgan fingerprint density at radius 2 is 1.79 bits per heavy atom. The number of hydrogen-bond acceptors (Lipinski definition) is 6. The lowest BCUT2D eigenvalue weighted by molar-refractivity contribution is -0.121. The number of Topliss-reactive ketones (excluding diaryl/α,β-unsaturated/α-hetero) is 2. The molecule has 1 fully saturated rings. The van der Waals surface area contributed by atoms with Crippen LogP contribution in [0.4, 0.5) is 11.4 Å². The molecule has 39 heavy (non-hydrogen) atoms. The number of thiophene rings is 1. The lowest BCUT2D eigenvalue weighted by Crippen LogP contribution is -2.51. The lowest BCUT2D eigenvalue weighted by atomic mass is 9.64. The number of allylic oxidation sites excluding steroid dienone is 1. The van der Waals surface area contributed by atoms with E-state index in [1.165, 1.54) is 11.3 Å². The second kappa shape index (κ2) is 8.58. The highest BCUT2D eigenvalue weighted by molar-refractivity contribution is 7.12. The summed E-state index contributed by atoms with van der Waals surface area (Å²) in [6.45, 7) is 4.07. The molecule has 0 aliphatic carbocycles. The molecule has 5 heterocycles. The number of benzene rings is 2. The zero-order valence-electron chi connectivity index (χ0n) is 21.4. The molecule has 4 aromatic rings. The minimum absolute atomic E-state index is 0.169. The van der Waals surface area contributed by atoms with E-state index in [2.05, 4.69) is 22.4 Å². The lowest BCUT2D eigenvalue weighted by Gasteiger charge is -2.39. The molecule has 2 aromatic heterocycles. The van der Waals surface area contributed by atoms with Crippen LogP contribution in [0.25, 0.3) is 5.57 Å². The molecule has 192 valence electrons. The van der Waals surface area contributed by atoms with Crippen LogP contribution >= 0.6 is 11.3 Å². The first-order valence-electron chi connectivity index (χ1n) is 12.9. The number of fused-ring (bicyclic) bond motifs is 6. The van der Waals surface area contributed by atoms with Gasteiger partial charge in [0.1, 0.15) is 17.2 Å². The molecule has 0 unspecified atom stereocenters.